The molecule has 94 valence electrons. The highest BCUT2D eigenvalue weighted by Crippen LogP contribution is 1.96. The molecule has 0 bridgehead atoms. The van der Waals surface area contributed by atoms with Gasteiger partial charge in [0.1, 0.15) is 5.78 Å². The van der Waals surface area contributed by atoms with Crippen LogP contribution in [-0.4, -0.2) is 30.9 Å². The molecule has 0 aliphatic carbocycles. The summed E-state index contributed by atoms with van der Waals surface area (Å²) in [4.78, 5) is 22.1. The maximum absolute atomic E-state index is 11.3. The highest BCUT2D eigenvalue weighted by molar-refractivity contribution is 5.96. The summed E-state index contributed by atoms with van der Waals surface area (Å²) in [6.45, 7) is 6.77. The predicted octanol–water partition coefficient (Wildman–Crippen LogP) is 1.68. The molecule has 0 aromatic carbocycles. The summed E-state index contributed by atoms with van der Waals surface area (Å²) in [6.07, 6.45) is 2.92. The number of Topliss-reactive ketones (excluding diaryl/α,β-unsaturated/α-hetero) is 1. The Morgan fingerprint density at radius 1 is 1.31 bits per heavy atom. The van der Waals surface area contributed by atoms with Gasteiger partial charge in [0.2, 0.25) is 5.91 Å². The minimum absolute atomic E-state index is 0.0173. The fourth-order valence-corrected chi connectivity index (χ4v) is 1.24. The summed E-state index contributed by atoms with van der Waals surface area (Å²) in [5, 5.41) is 2.79. The van der Waals surface area contributed by atoms with Gasteiger partial charge in [-0.15, -0.1) is 0 Å². The maximum Gasteiger partial charge on any atom is 0.227 e. The van der Waals surface area contributed by atoms with E-state index in [1.165, 1.54) is 6.92 Å². The zero-order valence-electron chi connectivity index (χ0n) is 10.5. The molecule has 0 radical (unpaired) electrons. The fraction of sp³-hybridized carbons (Fsp3) is 0.833. The average molecular weight is 229 g/mol. The van der Waals surface area contributed by atoms with Crippen molar-refractivity contribution in [3.05, 3.63) is 0 Å². The van der Waals surface area contributed by atoms with Gasteiger partial charge in [-0.1, -0.05) is 20.3 Å². The summed E-state index contributed by atoms with van der Waals surface area (Å²) in [6, 6.07) is 0.0173. The highest BCUT2D eigenvalue weighted by Gasteiger charge is 2.11. The molecule has 1 atom stereocenters. The van der Waals surface area contributed by atoms with E-state index in [1.54, 1.807) is 0 Å². The summed E-state index contributed by atoms with van der Waals surface area (Å²) in [7, 11) is 0. The molecule has 0 aromatic rings. The van der Waals surface area contributed by atoms with Gasteiger partial charge < -0.3 is 10.1 Å². The van der Waals surface area contributed by atoms with E-state index in [0.29, 0.717) is 6.61 Å². The molecule has 0 aromatic heterocycles. The van der Waals surface area contributed by atoms with E-state index in [1.807, 2.05) is 6.92 Å². The number of carbonyl (C=O) groups excluding carboxylic acids is 2. The van der Waals surface area contributed by atoms with Gasteiger partial charge in [0, 0.05) is 6.61 Å². The van der Waals surface area contributed by atoms with Crippen LogP contribution in [0.25, 0.3) is 0 Å². The Morgan fingerprint density at radius 3 is 2.50 bits per heavy atom. The van der Waals surface area contributed by atoms with Gasteiger partial charge in [-0.3, -0.25) is 9.59 Å². The quantitative estimate of drug-likeness (QED) is 0.483. The maximum atomic E-state index is 11.3. The normalized spacial score (nSPS) is 12.2. The number of ketones is 1. The van der Waals surface area contributed by atoms with Gasteiger partial charge in [-0.25, -0.2) is 0 Å². The molecule has 1 unspecified atom stereocenters. The van der Waals surface area contributed by atoms with Crippen molar-refractivity contribution in [1.82, 2.24) is 5.32 Å². The molecule has 0 aliphatic heterocycles. The van der Waals surface area contributed by atoms with Gasteiger partial charge in [-0.05, 0) is 19.8 Å². The first-order valence-electron chi connectivity index (χ1n) is 5.96. The molecule has 0 saturated heterocycles. The summed E-state index contributed by atoms with van der Waals surface area (Å²) >= 11 is 0. The van der Waals surface area contributed by atoms with Gasteiger partial charge in [-0.2, -0.15) is 0 Å². The molecule has 0 heterocycles. The smallest absolute Gasteiger partial charge is 0.227 e. The van der Waals surface area contributed by atoms with E-state index in [4.69, 9.17) is 4.74 Å². The van der Waals surface area contributed by atoms with Crippen LogP contribution in [0.1, 0.15) is 46.5 Å². The van der Waals surface area contributed by atoms with E-state index >= 15 is 0 Å². The first kappa shape index (κ1) is 15.1. The zero-order chi connectivity index (χ0) is 12.4. The Hall–Kier alpha value is -0.900. The van der Waals surface area contributed by atoms with Crippen LogP contribution in [-0.2, 0) is 14.3 Å². The molecule has 0 fully saturated rings. The fourth-order valence-electron chi connectivity index (χ4n) is 1.24. The van der Waals surface area contributed by atoms with Gasteiger partial charge in [0.05, 0.1) is 19.1 Å². The lowest BCUT2D eigenvalue weighted by Gasteiger charge is -2.16. The van der Waals surface area contributed by atoms with E-state index in [0.717, 1.165) is 25.9 Å². The molecule has 0 spiro atoms. The molecule has 0 saturated carbocycles. The third kappa shape index (κ3) is 8.41. The van der Waals surface area contributed by atoms with Crippen molar-refractivity contribution in [3.8, 4) is 0 Å². The summed E-state index contributed by atoms with van der Waals surface area (Å²) in [5.74, 6) is -0.322. The van der Waals surface area contributed by atoms with E-state index in [2.05, 4.69) is 12.2 Å². The Balaban J connectivity index is 3.73. The molecule has 4 nitrogen and oxygen atoms in total. The minimum Gasteiger partial charge on any atom is -0.379 e. The number of hydrogen-bond acceptors (Lipinski definition) is 3. The molecule has 0 aliphatic rings. The number of hydrogen-bond donors (Lipinski definition) is 1. The Bertz CT molecular complexity index is 216. The summed E-state index contributed by atoms with van der Waals surface area (Å²) < 4.78 is 5.43. The van der Waals surface area contributed by atoms with Crippen molar-refractivity contribution in [2.45, 2.75) is 52.5 Å². The van der Waals surface area contributed by atoms with Crippen LogP contribution in [0.4, 0.5) is 0 Å². The third-order valence-electron chi connectivity index (χ3n) is 2.23. The van der Waals surface area contributed by atoms with Crippen LogP contribution in [0.3, 0.4) is 0 Å². The monoisotopic (exact) mass is 229 g/mol. The number of ether oxygens (including phenoxy) is 1. The number of carbonyl (C=O) groups is 2. The predicted molar refractivity (Wildman–Crippen MR) is 63.2 cm³/mol. The van der Waals surface area contributed by atoms with Crippen molar-refractivity contribution >= 4 is 11.7 Å². The molecule has 1 amide bonds. The second kappa shape index (κ2) is 9.33. The van der Waals surface area contributed by atoms with Crippen molar-refractivity contribution in [1.29, 1.82) is 0 Å². The van der Waals surface area contributed by atoms with Crippen LogP contribution < -0.4 is 5.32 Å². The van der Waals surface area contributed by atoms with Crippen LogP contribution in [0.5, 0.6) is 0 Å². The lowest BCUT2D eigenvalue weighted by Crippen LogP contribution is -2.38. The Labute approximate surface area is 97.7 Å². The topological polar surface area (TPSA) is 55.4 Å². The SMILES string of the molecule is CCCCOCC(CC)NC(=O)CC(C)=O. The second-order valence-corrected chi connectivity index (χ2v) is 3.98. The van der Waals surface area contributed by atoms with Gasteiger partial charge in [0.25, 0.3) is 0 Å². The molecule has 4 heteroatoms. The number of amides is 1. The van der Waals surface area contributed by atoms with Gasteiger partial charge in [0.15, 0.2) is 0 Å². The zero-order valence-corrected chi connectivity index (χ0v) is 10.5. The van der Waals surface area contributed by atoms with Crippen molar-refractivity contribution in [3.63, 3.8) is 0 Å². The van der Waals surface area contributed by atoms with E-state index in [-0.39, 0.29) is 24.2 Å². The molecule has 0 rings (SSSR count). The van der Waals surface area contributed by atoms with Crippen LogP contribution in [0.15, 0.2) is 0 Å². The first-order valence-corrected chi connectivity index (χ1v) is 5.96. The molecule has 1 N–H and O–H groups in total. The molecular weight excluding hydrogens is 206 g/mol. The molecular formula is C12H23NO3. The summed E-state index contributed by atoms with van der Waals surface area (Å²) in [5.41, 5.74) is 0. The average Bonchev–Trinajstić information content (AvgIpc) is 2.21. The second-order valence-electron chi connectivity index (χ2n) is 3.98. The Kier molecular flexibility index (Phi) is 8.81. The van der Waals surface area contributed by atoms with Crippen LogP contribution in [0.2, 0.25) is 0 Å². The Morgan fingerprint density at radius 2 is 2.00 bits per heavy atom. The highest BCUT2D eigenvalue weighted by atomic mass is 16.5. The van der Waals surface area contributed by atoms with E-state index < -0.39 is 0 Å². The van der Waals surface area contributed by atoms with E-state index in [9.17, 15) is 9.59 Å². The van der Waals surface area contributed by atoms with Crippen LogP contribution >= 0.6 is 0 Å². The number of rotatable bonds is 9. The van der Waals surface area contributed by atoms with Crippen molar-refractivity contribution in [2.75, 3.05) is 13.2 Å². The lowest BCUT2D eigenvalue weighted by molar-refractivity contribution is -0.127. The number of unbranched alkanes of at least 4 members (excludes halogenated alkanes) is 1. The largest absolute Gasteiger partial charge is 0.379 e. The standard InChI is InChI=1S/C12H23NO3/c1-4-6-7-16-9-11(5-2)13-12(15)8-10(3)14/h11H,4-9H2,1-3H3,(H,13,15). The van der Waals surface area contributed by atoms with Gasteiger partial charge >= 0.3 is 0 Å². The lowest BCUT2D eigenvalue weighted by atomic mass is 10.2. The molecule has 16 heavy (non-hydrogen) atoms. The first-order chi connectivity index (χ1) is 7.60. The number of nitrogens with one attached hydrogen (secondary N) is 1. The third-order valence-corrected chi connectivity index (χ3v) is 2.23. The van der Waals surface area contributed by atoms with Crippen LogP contribution in [0, 0.1) is 0 Å². The van der Waals surface area contributed by atoms with Crippen molar-refractivity contribution < 1.29 is 14.3 Å². The minimum atomic E-state index is -0.210. The van der Waals surface area contributed by atoms with Crippen molar-refractivity contribution in [2.24, 2.45) is 0 Å².